The maximum atomic E-state index is 11.6. The second kappa shape index (κ2) is 6.48. The molecule has 3 heteroatoms. The quantitative estimate of drug-likeness (QED) is 0.482. The van der Waals surface area contributed by atoms with Gasteiger partial charge in [-0.2, -0.15) is 0 Å². The summed E-state index contributed by atoms with van der Waals surface area (Å²) in [5, 5.41) is 0.877. The van der Waals surface area contributed by atoms with Crippen LogP contribution >= 0.6 is 15.9 Å². The van der Waals surface area contributed by atoms with Crippen molar-refractivity contribution >= 4 is 27.5 Å². The van der Waals surface area contributed by atoms with Crippen LogP contribution in [0.2, 0.25) is 0 Å². The Bertz CT molecular complexity index is 397. The van der Waals surface area contributed by atoms with Gasteiger partial charge in [-0.3, -0.25) is 0 Å². The van der Waals surface area contributed by atoms with Gasteiger partial charge >= 0.3 is 5.97 Å². The molecule has 0 aliphatic carbocycles. The highest BCUT2D eigenvalue weighted by Crippen LogP contribution is 2.21. The van der Waals surface area contributed by atoms with E-state index < -0.39 is 0 Å². The van der Waals surface area contributed by atoms with E-state index in [1.807, 2.05) is 31.2 Å². The van der Waals surface area contributed by atoms with Crippen molar-refractivity contribution in [2.75, 3.05) is 12.4 Å². The summed E-state index contributed by atoms with van der Waals surface area (Å²) in [7, 11) is 1.40. The lowest BCUT2D eigenvalue weighted by Gasteiger charge is -2.10. The van der Waals surface area contributed by atoms with Crippen molar-refractivity contribution < 1.29 is 9.53 Å². The molecule has 0 heterocycles. The molecule has 0 atom stereocenters. The molecule has 0 spiro atoms. The summed E-state index contributed by atoms with van der Waals surface area (Å²) in [6, 6.07) is 7.89. The fourth-order valence-electron chi connectivity index (χ4n) is 1.60. The Morgan fingerprint density at radius 1 is 1.44 bits per heavy atom. The van der Waals surface area contributed by atoms with Gasteiger partial charge < -0.3 is 4.74 Å². The van der Waals surface area contributed by atoms with Crippen molar-refractivity contribution in [3.63, 3.8) is 0 Å². The van der Waals surface area contributed by atoms with Crippen LogP contribution in [0.3, 0.4) is 0 Å². The lowest BCUT2D eigenvalue weighted by molar-refractivity contribution is -0.133. The Balaban J connectivity index is 3.15. The molecule has 0 aromatic heterocycles. The molecule has 0 aliphatic heterocycles. The first kappa shape index (κ1) is 13.0. The summed E-state index contributed by atoms with van der Waals surface area (Å²) in [5.41, 5.74) is 2.73. The Hall–Kier alpha value is -1.09. The largest absolute Gasteiger partial charge is 0.465 e. The van der Waals surface area contributed by atoms with Crippen molar-refractivity contribution in [2.24, 2.45) is 0 Å². The highest BCUT2D eigenvalue weighted by Gasteiger charge is 2.13. The summed E-state index contributed by atoms with van der Waals surface area (Å²) in [6.07, 6.45) is 2.68. The van der Waals surface area contributed by atoms with Crippen LogP contribution in [-0.4, -0.2) is 18.4 Å². The Morgan fingerprint density at radius 2 is 2.12 bits per heavy atom. The number of methoxy groups -OCH3 is 1. The van der Waals surface area contributed by atoms with Crippen molar-refractivity contribution in [2.45, 2.75) is 13.3 Å². The van der Waals surface area contributed by atoms with E-state index in [4.69, 9.17) is 4.74 Å². The molecule has 0 saturated carbocycles. The number of aryl methyl sites for hydroxylation is 1. The number of allylic oxidation sites excluding steroid dienone is 1. The average molecular weight is 283 g/mol. The molecule has 0 aliphatic rings. The summed E-state index contributed by atoms with van der Waals surface area (Å²) in [5.74, 6) is -0.287. The molecule has 0 bridgehead atoms. The van der Waals surface area contributed by atoms with Gasteiger partial charge in [0.05, 0.1) is 12.7 Å². The topological polar surface area (TPSA) is 26.3 Å². The third-order valence-corrected chi connectivity index (χ3v) is 2.76. The number of ether oxygens (including phenoxy) is 1. The maximum Gasteiger partial charge on any atom is 0.338 e. The van der Waals surface area contributed by atoms with E-state index in [-0.39, 0.29) is 5.97 Å². The van der Waals surface area contributed by atoms with Gasteiger partial charge in [0, 0.05) is 5.33 Å². The SMILES string of the molecule is C/C=C(/C(=O)OC)c1ccccc1CCBr. The molecule has 0 amide bonds. The third kappa shape index (κ3) is 2.95. The van der Waals surface area contributed by atoms with Crippen LogP contribution in [0.25, 0.3) is 5.57 Å². The molecule has 1 aromatic rings. The number of hydrogen-bond acceptors (Lipinski definition) is 2. The van der Waals surface area contributed by atoms with Gasteiger partial charge in [0.15, 0.2) is 0 Å². The zero-order chi connectivity index (χ0) is 12.0. The van der Waals surface area contributed by atoms with E-state index in [0.717, 1.165) is 22.9 Å². The van der Waals surface area contributed by atoms with Crippen LogP contribution in [-0.2, 0) is 16.0 Å². The van der Waals surface area contributed by atoms with Crippen LogP contribution in [0, 0.1) is 0 Å². The minimum atomic E-state index is -0.287. The van der Waals surface area contributed by atoms with Gasteiger partial charge in [0.1, 0.15) is 0 Å². The van der Waals surface area contributed by atoms with Gasteiger partial charge in [0.2, 0.25) is 0 Å². The number of alkyl halides is 1. The highest BCUT2D eigenvalue weighted by atomic mass is 79.9. The minimum absolute atomic E-state index is 0.287. The van der Waals surface area contributed by atoms with Crippen LogP contribution < -0.4 is 0 Å². The molecular formula is C13H15BrO2. The second-order valence-electron chi connectivity index (χ2n) is 3.29. The summed E-state index contributed by atoms with van der Waals surface area (Å²) in [6.45, 7) is 1.84. The van der Waals surface area contributed by atoms with Gasteiger partial charge in [0.25, 0.3) is 0 Å². The molecule has 0 radical (unpaired) electrons. The predicted octanol–water partition coefficient (Wildman–Crippen LogP) is 3.20. The Labute approximate surface area is 104 Å². The molecule has 0 N–H and O–H groups in total. The van der Waals surface area contributed by atoms with Crippen molar-refractivity contribution in [3.05, 3.63) is 41.5 Å². The average Bonchev–Trinajstić information content (AvgIpc) is 2.32. The lowest BCUT2D eigenvalue weighted by Crippen LogP contribution is -2.06. The van der Waals surface area contributed by atoms with Crippen LogP contribution in [0.5, 0.6) is 0 Å². The summed E-state index contributed by atoms with van der Waals surface area (Å²) in [4.78, 5) is 11.6. The molecule has 0 fully saturated rings. The number of carbonyl (C=O) groups is 1. The van der Waals surface area contributed by atoms with Gasteiger partial charge in [-0.1, -0.05) is 46.3 Å². The standard InChI is InChI=1S/C13H15BrO2/c1-3-11(13(15)16-2)12-7-5-4-6-10(12)8-9-14/h3-7H,8-9H2,1-2H3/b11-3+. The summed E-state index contributed by atoms with van der Waals surface area (Å²) < 4.78 is 4.77. The third-order valence-electron chi connectivity index (χ3n) is 2.37. The van der Waals surface area contributed by atoms with Crippen molar-refractivity contribution in [1.82, 2.24) is 0 Å². The molecule has 0 saturated heterocycles. The first-order chi connectivity index (χ1) is 7.74. The fraction of sp³-hybridized carbons (Fsp3) is 0.308. The number of esters is 1. The van der Waals surface area contributed by atoms with Gasteiger partial charge in [-0.05, 0) is 24.5 Å². The summed E-state index contributed by atoms with van der Waals surface area (Å²) >= 11 is 3.41. The molecule has 1 aromatic carbocycles. The zero-order valence-electron chi connectivity index (χ0n) is 9.50. The first-order valence-corrected chi connectivity index (χ1v) is 6.25. The first-order valence-electron chi connectivity index (χ1n) is 5.13. The highest BCUT2D eigenvalue weighted by molar-refractivity contribution is 9.09. The molecule has 0 unspecified atom stereocenters. The van der Waals surface area contributed by atoms with Crippen molar-refractivity contribution in [3.8, 4) is 0 Å². The van der Waals surface area contributed by atoms with Gasteiger partial charge in [-0.25, -0.2) is 4.79 Å². The van der Waals surface area contributed by atoms with Crippen LogP contribution in [0.4, 0.5) is 0 Å². The lowest BCUT2D eigenvalue weighted by atomic mass is 9.98. The number of benzene rings is 1. The van der Waals surface area contributed by atoms with E-state index in [9.17, 15) is 4.79 Å². The number of carbonyl (C=O) groups excluding carboxylic acids is 1. The molecule has 1 rings (SSSR count). The van der Waals surface area contributed by atoms with E-state index in [0.29, 0.717) is 5.57 Å². The maximum absolute atomic E-state index is 11.6. The monoisotopic (exact) mass is 282 g/mol. The van der Waals surface area contributed by atoms with Crippen LogP contribution in [0.1, 0.15) is 18.1 Å². The number of rotatable bonds is 4. The second-order valence-corrected chi connectivity index (χ2v) is 4.08. The number of halogens is 1. The molecule has 86 valence electrons. The minimum Gasteiger partial charge on any atom is -0.465 e. The zero-order valence-corrected chi connectivity index (χ0v) is 11.1. The Kier molecular flexibility index (Phi) is 5.26. The van der Waals surface area contributed by atoms with Crippen LogP contribution in [0.15, 0.2) is 30.3 Å². The smallest absolute Gasteiger partial charge is 0.338 e. The molecular weight excluding hydrogens is 268 g/mol. The van der Waals surface area contributed by atoms with E-state index in [1.54, 1.807) is 6.08 Å². The molecule has 2 nitrogen and oxygen atoms in total. The normalized spacial score (nSPS) is 11.3. The van der Waals surface area contributed by atoms with E-state index in [1.165, 1.54) is 7.11 Å². The number of hydrogen-bond donors (Lipinski definition) is 0. The van der Waals surface area contributed by atoms with Crippen molar-refractivity contribution in [1.29, 1.82) is 0 Å². The van der Waals surface area contributed by atoms with Gasteiger partial charge in [-0.15, -0.1) is 0 Å². The van der Waals surface area contributed by atoms with E-state index in [2.05, 4.69) is 15.9 Å². The molecule has 16 heavy (non-hydrogen) atoms. The Morgan fingerprint density at radius 3 is 2.69 bits per heavy atom. The van der Waals surface area contributed by atoms with E-state index >= 15 is 0 Å². The fourth-order valence-corrected chi connectivity index (χ4v) is 2.02. The predicted molar refractivity (Wildman–Crippen MR) is 69.6 cm³/mol.